The van der Waals surface area contributed by atoms with E-state index in [9.17, 15) is 19.2 Å². The number of hydrogen-bond donors (Lipinski definition) is 3. The molecule has 0 saturated heterocycles. The van der Waals surface area contributed by atoms with Crippen molar-refractivity contribution in [2.45, 2.75) is 90.2 Å². The van der Waals surface area contributed by atoms with Crippen LogP contribution in [0.1, 0.15) is 71.1 Å². The highest BCUT2D eigenvalue weighted by Gasteiger charge is 2.34. The number of para-hydroxylation sites is 1. The van der Waals surface area contributed by atoms with Crippen LogP contribution in [0.2, 0.25) is 0 Å². The van der Waals surface area contributed by atoms with E-state index in [4.69, 9.17) is 19.9 Å². The Kier molecular flexibility index (Phi) is 10.4. The molecule has 0 radical (unpaired) electrons. The number of aromatic nitrogens is 1. The topological polar surface area (TPSA) is 151 Å². The molecule has 0 saturated carbocycles. The van der Waals surface area contributed by atoms with Crippen molar-refractivity contribution in [3.63, 3.8) is 0 Å². The molecule has 0 fully saturated rings. The molecule has 3 amide bonds. The first-order valence-electron chi connectivity index (χ1n) is 16.7. The van der Waals surface area contributed by atoms with Gasteiger partial charge in [-0.3, -0.25) is 14.2 Å². The van der Waals surface area contributed by atoms with Gasteiger partial charge in [0.2, 0.25) is 11.8 Å². The molecule has 0 spiro atoms. The summed E-state index contributed by atoms with van der Waals surface area (Å²) < 4.78 is 18.7. The van der Waals surface area contributed by atoms with Crippen LogP contribution in [-0.2, 0) is 30.2 Å². The Morgan fingerprint density at radius 3 is 1.98 bits per heavy atom. The average Bonchev–Trinajstić information content (AvgIpc) is 3.56. The highest BCUT2D eigenvalue weighted by molar-refractivity contribution is 5.94. The predicted octanol–water partition coefficient (Wildman–Crippen LogP) is 6.05. The number of ether oxygens (including phenoxy) is 3. The number of carbonyl (C=O) groups is 4. The summed E-state index contributed by atoms with van der Waals surface area (Å²) in [5.74, 6) is -1.67. The lowest BCUT2D eigenvalue weighted by atomic mass is 9.98. The quantitative estimate of drug-likeness (QED) is 0.184. The summed E-state index contributed by atoms with van der Waals surface area (Å²) in [5, 5.41) is 6.09. The van der Waals surface area contributed by atoms with Crippen molar-refractivity contribution in [2.24, 2.45) is 5.73 Å². The van der Waals surface area contributed by atoms with Crippen LogP contribution >= 0.6 is 0 Å². The largest absolute Gasteiger partial charge is 0.449 e. The molecule has 264 valence electrons. The van der Waals surface area contributed by atoms with Crippen molar-refractivity contribution < 1.29 is 33.4 Å². The van der Waals surface area contributed by atoms with Gasteiger partial charge in [-0.15, -0.1) is 0 Å². The van der Waals surface area contributed by atoms with Gasteiger partial charge in [-0.05, 0) is 82.3 Å². The molecule has 1 aliphatic carbocycles. The third-order valence-electron chi connectivity index (χ3n) is 8.37. The van der Waals surface area contributed by atoms with Gasteiger partial charge in [-0.25, -0.2) is 9.59 Å². The molecule has 4 N–H and O–H groups in total. The van der Waals surface area contributed by atoms with Gasteiger partial charge in [0.15, 0.2) is 0 Å². The minimum absolute atomic E-state index is 0.0342. The van der Waals surface area contributed by atoms with Crippen molar-refractivity contribution >= 4 is 34.9 Å². The summed E-state index contributed by atoms with van der Waals surface area (Å²) in [6.45, 7) is 12.5. The molecule has 1 heterocycles. The van der Waals surface area contributed by atoms with Gasteiger partial charge in [0.25, 0.3) is 0 Å². The highest BCUT2D eigenvalue weighted by atomic mass is 16.6. The van der Waals surface area contributed by atoms with E-state index in [1.807, 2.05) is 81.4 Å². The summed E-state index contributed by atoms with van der Waals surface area (Å²) in [6.07, 6.45) is -0.646. The number of amides is 3. The molecular weight excluding hydrogens is 636 g/mol. The first kappa shape index (κ1) is 36.1. The normalized spacial score (nSPS) is 14.6. The van der Waals surface area contributed by atoms with Crippen LogP contribution in [0.5, 0.6) is 0 Å². The minimum Gasteiger partial charge on any atom is -0.449 e. The van der Waals surface area contributed by atoms with Gasteiger partial charge in [-0.2, -0.15) is 0 Å². The average molecular weight is 683 g/mol. The second-order valence-corrected chi connectivity index (χ2v) is 14.6. The first-order chi connectivity index (χ1) is 23.5. The van der Waals surface area contributed by atoms with Crippen molar-refractivity contribution in [1.82, 2.24) is 15.2 Å². The zero-order valence-electron chi connectivity index (χ0n) is 29.6. The van der Waals surface area contributed by atoms with E-state index in [2.05, 4.69) is 10.6 Å². The van der Waals surface area contributed by atoms with E-state index in [-0.39, 0.29) is 18.9 Å². The molecular formula is C39H46N4O7. The molecule has 3 aromatic carbocycles. The number of alkyl carbamates (subject to hydrolysis) is 1. The summed E-state index contributed by atoms with van der Waals surface area (Å²) in [4.78, 5) is 53.2. The van der Waals surface area contributed by atoms with Crippen LogP contribution in [0.4, 0.5) is 9.59 Å². The van der Waals surface area contributed by atoms with E-state index >= 15 is 0 Å². The Hall–Kier alpha value is -5.16. The van der Waals surface area contributed by atoms with Gasteiger partial charge < -0.3 is 30.6 Å². The third kappa shape index (κ3) is 8.34. The van der Waals surface area contributed by atoms with E-state index < -0.39 is 53.4 Å². The van der Waals surface area contributed by atoms with Crippen LogP contribution in [-0.4, -0.2) is 64.6 Å². The van der Waals surface area contributed by atoms with E-state index in [0.717, 1.165) is 22.3 Å². The minimum atomic E-state index is -1.23. The van der Waals surface area contributed by atoms with Gasteiger partial charge >= 0.3 is 12.2 Å². The molecule has 1 aromatic heterocycles. The Balaban J connectivity index is 1.42. The van der Waals surface area contributed by atoms with Gasteiger partial charge in [0.1, 0.15) is 24.3 Å². The second kappa shape index (κ2) is 14.4. The van der Waals surface area contributed by atoms with Gasteiger partial charge in [0, 0.05) is 23.9 Å². The fraction of sp³-hybridized carbons (Fsp3) is 0.385. The smallest absolute Gasteiger partial charge is 0.419 e. The lowest BCUT2D eigenvalue weighted by Crippen LogP contribution is -2.58. The number of rotatable bonds is 10. The molecule has 11 nitrogen and oxygen atoms in total. The SMILES string of the molecule is C[C@@H](OC(C)(C)C)[C@@H](NC(=O)[C@H](Cc1cn(C(=O)OC(C)(C)C)c2ccccc12)NC(=O)OCC1c2ccccc2-c2ccccc21)C(N)=O. The number of carbonyl (C=O) groups excluding carboxylic acids is 4. The lowest BCUT2D eigenvalue weighted by molar-refractivity contribution is -0.135. The Morgan fingerprint density at radius 2 is 1.40 bits per heavy atom. The molecule has 11 heteroatoms. The number of nitrogens with one attached hydrogen (secondary N) is 2. The Bertz CT molecular complexity index is 1860. The van der Waals surface area contributed by atoms with Crippen molar-refractivity contribution in [3.05, 3.63) is 95.7 Å². The zero-order valence-corrected chi connectivity index (χ0v) is 29.6. The van der Waals surface area contributed by atoms with Gasteiger partial charge in [0.05, 0.1) is 17.2 Å². The molecule has 50 heavy (non-hydrogen) atoms. The number of nitrogens with two attached hydrogens (primary N) is 1. The fourth-order valence-corrected chi connectivity index (χ4v) is 6.39. The number of fused-ring (bicyclic) bond motifs is 4. The van der Waals surface area contributed by atoms with Crippen LogP contribution in [0.25, 0.3) is 22.0 Å². The van der Waals surface area contributed by atoms with Crippen LogP contribution in [0, 0.1) is 0 Å². The molecule has 0 bridgehead atoms. The van der Waals surface area contributed by atoms with E-state index in [1.54, 1.807) is 46.0 Å². The maximum Gasteiger partial charge on any atom is 0.419 e. The highest BCUT2D eigenvalue weighted by Crippen LogP contribution is 2.44. The summed E-state index contributed by atoms with van der Waals surface area (Å²) in [5.41, 5.74) is 9.75. The molecule has 1 aliphatic rings. The van der Waals surface area contributed by atoms with Crippen molar-refractivity contribution in [1.29, 1.82) is 0 Å². The fourth-order valence-electron chi connectivity index (χ4n) is 6.39. The predicted molar refractivity (Wildman–Crippen MR) is 191 cm³/mol. The lowest BCUT2D eigenvalue weighted by Gasteiger charge is -2.30. The van der Waals surface area contributed by atoms with Crippen molar-refractivity contribution in [2.75, 3.05) is 6.61 Å². The van der Waals surface area contributed by atoms with Gasteiger partial charge in [-0.1, -0.05) is 66.7 Å². The van der Waals surface area contributed by atoms with Crippen LogP contribution < -0.4 is 16.4 Å². The standard InChI is InChI=1S/C39H46N4O7/c1-23(49-38(2,3)4)33(34(40)44)42-35(45)31(20-24-21-43(37(47)50-39(5,6)7)32-19-13-12-14-25(24)32)41-36(46)48-22-30-28-17-10-8-15-26(28)27-16-9-11-18-29(27)30/h8-19,21,23,30-31,33H,20,22H2,1-7H3,(H2,40,44)(H,41,46)(H,42,45)/t23-,31+,33-/m1/s1. The number of primary amides is 1. The third-order valence-corrected chi connectivity index (χ3v) is 8.37. The Labute approximate surface area is 292 Å². The maximum atomic E-state index is 14.0. The van der Waals surface area contributed by atoms with E-state index in [1.165, 1.54) is 4.57 Å². The second-order valence-electron chi connectivity index (χ2n) is 14.6. The summed E-state index contributed by atoms with van der Waals surface area (Å²) in [7, 11) is 0. The number of nitrogens with zero attached hydrogens (tertiary/aromatic N) is 1. The van der Waals surface area contributed by atoms with Crippen LogP contribution in [0.15, 0.2) is 79.0 Å². The Morgan fingerprint density at radius 1 is 0.820 bits per heavy atom. The first-order valence-corrected chi connectivity index (χ1v) is 16.7. The number of benzene rings is 3. The molecule has 0 aliphatic heterocycles. The zero-order chi connectivity index (χ0) is 36.4. The molecule has 5 rings (SSSR count). The van der Waals surface area contributed by atoms with E-state index in [0.29, 0.717) is 16.5 Å². The summed E-state index contributed by atoms with van der Waals surface area (Å²) >= 11 is 0. The molecule has 0 unspecified atom stereocenters. The van der Waals surface area contributed by atoms with Crippen molar-refractivity contribution in [3.8, 4) is 11.1 Å². The molecule has 4 aromatic rings. The maximum absolute atomic E-state index is 14.0. The summed E-state index contributed by atoms with van der Waals surface area (Å²) in [6, 6.07) is 20.7. The molecule has 3 atom stereocenters. The van der Waals surface area contributed by atoms with Crippen LogP contribution in [0.3, 0.4) is 0 Å². The monoisotopic (exact) mass is 682 g/mol. The number of hydrogen-bond acceptors (Lipinski definition) is 7.